The number of benzene rings is 1. The fourth-order valence-electron chi connectivity index (χ4n) is 1.93. The molecule has 0 saturated carbocycles. The molecule has 8 nitrogen and oxygen atoms in total. The van der Waals surface area contributed by atoms with Crippen LogP contribution in [-0.2, 0) is 14.8 Å². The van der Waals surface area contributed by atoms with Crippen molar-refractivity contribution in [3.63, 3.8) is 0 Å². The molecule has 0 atom stereocenters. The highest BCUT2D eigenvalue weighted by atomic mass is 35.5. The van der Waals surface area contributed by atoms with Crippen LogP contribution < -0.4 is 9.46 Å². The number of ether oxygens (including phenoxy) is 2. The second-order valence-corrected chi connectivity index (χ2v) is 7.45. The third kappa shape index (κ3) is 4.90. The molecule has 140 valence electrons. The Bertz CT molecular complexity index is 918. The highest BCUT2D eigenvalue weighted by Gasteiger charge is 2.24. The number of nitrogens with zero attached hydrogens (tertiary/aromatic N) is 2. The molecule has 0 unspecified atom stereocenters. The van der Waals surface area contributed by atoms with Gasteiger partial charge in [-0.1, -0.05) is 11.6 Å². The molecular formula is C16H18ClN3O5S. The molecule has 0 radical (unpaired) electrons. The van der Waals surface area contributed by atoms with Gasteiger partial charge in [0, 0.05) is 12.1 Å². The van der Waals surface area contributed by atoms with Gasteiger partial charge >= 0.3 is 0 Å². The number of hydrogen-bond donors (Lipinski definition) is 1. The van der Waals surface area contributed by atoms with E-state index >= 15 is 0 Å². The third-order valence-corrected chi connectivity index (χ3v) is 5.02. The van der Waals surface area contributed by atoms with E-state index in [2.05, 4.69) is 10.2 Å². The Morgan fingerprint density at radius 1 is 1.19 bits per heavy atom. The minimum atomic E-state index is -4.24. The summed E-state index contributed by atoms with van der Waals surface area (Å²) >= 11 is 5.90. The molecule has 26 heavy (non-hydrogen) atoms. The molecule has 0 aliphatic carbocycles. The van der Waals surface area contributed by atoms with E-state index in [9.17, 15) is 13.2 Å². The van der Waals surface area contributed by atoms with Gasteiger partial charge in [-0.05, 0) is 43.7 Å². The van der Waals surface area contributed by atoms with Crippen LogP contribution in [0, 0.1) is 13.8 Å². The van der Waals surface area contributed by atoms with Gasteiger partial charge < -0.3 is 9.47 Å². The number of hydrogen-bond acceptors (Lipinski definition) is 7. The summed E-state index contributed by atoms with van der Waals surface area (Å²) in [6, 6.07) is 5.55. The zero-order chi connectivity index (χ0) is 19.3. The summed E-state index contributed by atoms with van der Waals surface area (Å²) in [6.45, 7) is 3.88. The molecule has 0 bridgehead atoms. The third-order valence-electron chi connectivity index (χ3n) is 3.43. The Morgan fingerprint density at radius 2 is 1.92 bits per heavy atom. The summed E-state index contributed by atoms with van der Waals surface area (Å²) < 4.78 is 37.5. The van der Waals surface area contributed by atoms with Crippen LogP contribution in [0.5, 0.6) is 5.75 Å². The van der Waals surface area contributed by atoms with Gasteiger partial charge in [-0.25, -0.2) is 13.1 Å². The van der Waals surface area contributed by atoms with Crippen molar-refractivity contribution in [2.45, 2.75) is 18.7 Å². The second kappa shape index (κ2) is 8.43. The number of aryl methyl sites for hydroxylation is 2. The molecule has 1 heterocycles. The number of carbonyl (C=O) groups is 1. The molecule has 10 heteroatoms. The largest absolute Gasteiger partial charge is 0.490 e. The lowest BCUT2D eigenvalue weighted by Gasteiger charge is -2.13. The standard InChI is InChI=1S/C16H18ClN3O5S/c1-10-8-13(19-18-11(10)2)16(21)20-26(22,23)15-9-12(17)4-5-14(15)25-7-6-24-3/h4-5,8-9H,6-7H2,1-3H3,(H,20,21). The summed E-state index contributed by atoms with van der Waals surface area (Å²) in [5.74, 6) is -0.846. The monoisotopic (exact) mass is 399 g/mol. The maximum absolute atomic E-state index is 12.6. The average Bonchev–Trinajstić information content (AvgIpc) is 2.58. The Morgan fingerprint density at radius 3 is 2.58 bits per heavy atom. The van der Waals surface area contributed by atoms with Crippen molar-refractivity contribution < 1.29 is 22.7 Å². The first kappa shape index (κ1) is 20.1. The SMILES string of the molecule is COCCOc1ccc(Cl)cc1S(=O)(=O)NC(=O)c1cc(C)c(C)nn1. The number of carbonyl (C=O) groups excluding carboxylic acids is 1. The average molecular weight is 400 g/mol. The predicted molar refractivity (Wildman–Crippen MR) is 95.0 cm³/mol. The van der Waals surface area contributed by atoms with Gasteiger partial charge in [-0.3, -0.25) is 4.79 Å². The van der Waals surface area contributed by atoms with Crippen LogP contribution in [0.2, 0.25) is 5.02 Å². The van der Waals surface area contributed by atoms with E-state index in [0.29, 0.717) is 11.3 Å². The van der Waals surface area contributed by atoms with E-state index in [0.717, 1.165) is 0 Å². The molecule has 0 aliphatic rings. The minimum absolute atomic E-state index is 0.0536. The lowest BCUT2D eigenvalue weighted by molar-refractivity contribution is 0.0975. The molecule has 1 aromatic carbocycles. The van der Waals surface area contributed by atoms with Gasteiger partial charge in [-0.2, -0.15) is 5.10 Å². The van der Waals surface area contributed by atoms with Gasteiger partial charge in [0.05, 0.1) is 12.3 Å². The van der Waals surface area contributed by atoms with Crippen molar-refractivity contribution in [2.75, 3.05) is 20.3 Å². The zero-order valence-corrected chi connectivity index (χ0v) is 16.0. The molecule has 0 fully saturated rings. The number of methoxy groups -OCH3 is 1. The number of halogens is 1. The van der Waals surface area contributed by atoms with Crippen LogP contribution in [0.3, 0.4) is 0 Å². The molecule has 2 aromatic rings. The fraction of sp³-hybridized carbons (Fsp3) is 0.312. The van der Waals surface area contributed by atoms with Gasteiger partial charge in [0.25, 0.3) is 15.9 Å². The Kier molecular flexibility index (Phi) is 6.52. The molecule has 2 rings (SSSR count). The maximum atomic E-state index is 12.6. The van der Waals surface area contributed by atoms with E-state index < -0.39 is 15.9 Å². The van der Waals surface area contributed by atoms with E-state index in [-0.39, 0.29) is 34.6 Å². The topological polar surface area (TPSA) is 107 Å². The molecule has 0 spiro atoms. The summed E-state index contributed by atoms with van der Waals surface area (Å²) in [4.78, 5) is 12.0. The van der Waals surface area contributed by atoms with Crippen molar-refractivity contribution in [2.24, 2.45) is 0 Å². The van der Waals surface area contributed by atoms with Crippen LogP contribution in [0.4, 0.5) is 0 Å². The number of aromatic nitrogens is 2. The molecule has 1 amide bonds. The summed E-state index contributed by atoms with van der Waals surface area (Å²) in [6.07, 6.45) is 0. The lowest BCUT2D eigenvalue weighted by atomic mass is 10.2. The lowest BCUT2D eigenvalue weighted by Crippen LogP contribution is -2.32. The van der Waals surface area contributed by atoms with Gasteiger partial charge in [0.2, 0.25) is 0 Å². The van der Waals surface area contributed by atoms with Crippen LogP contribution >= 0.6 is 11.6 Å². The minimum Gasteiger partial charge on any atom is -0.490 e. The van der Waals surface area contributed by atoms with Crippen LogP contribution in [0.1, 0.15) is 21.7 Å². The van der Waals surface area contributed by atoms with Crippen molar-refractivity contribution in [1.82, 2.24) is 14.9 Å². The van der Waals surface area contributed by atoms with E-state index in [1.807, 2.05) is 4.72 Å². The van der Waals surface area contributed by atoms with E-state index in [1.54, 1.807) is 13.8 Å². The van der Waals surface area contributed by atoms with Gasteiger partial charge in [-0.15, -0.1) is 5.10 Å². The zero-order valence-electron chi connectivity index (χ0n) is 14.4. The quantitative estimate of drug-likeness (QED) is 0.708. The van der Waals surface area contributed by atoms with Crippen molar-refractivity contribution in [1.29, 1.82) is 0 Å². The van der Waals surface area contributed by atoms with Gasteiger partial charge in [0.1, 0.15) is 17.3 Å². The van der Waals surface area contributed by atoms with Crippen LogP contribution in [0.25, 0.3) is 0 Å². The Labute approximate surface area is 156 Å². The highest BCUT2D eigenvalue weighted by Crippen LogP contribution is 2.27. The molecular weight excluding hydrogens is 382 g/mol. The first-order valence-electron chi connectivity index (χ1n) is 7.54. The van der Waals surface area contributed by atoms with E-state index in [4.69, 9.17) is 21.1 Å². The van der Waals surface area contributed by atoms with Crippen LogP contribution in [0.15, 0.2) is 29.2 Å². The summed E-state index contributed by atoms with van der Waals surface area (Å²) in [5, 5.41) is 7.72. The Hall–Kier alpha value is -2.23. The molecule has 1 N–H and O–H groups in total. The van der Waals surface area contributed by atoms with Gasteiger partial charge in [0.15, 0.2) is 5.69 Å². The highest BCUT2D eigenvalue weighted by molar-refractivity contribution is 7.90. The smallest absolute Gasteiger partial charge is 0.285 e. The normalized spacial score (nSPS) is 11.2. The molecule has 0 saturated heterocycles. The predicted octanol–water partition coefficient (Wildman–Crippen LogP) is 1.89. The number of rotatable bonds is 7. The first-order valence-corrected chi connectivity index (χ1v) is 9.40. The van der Waals surface area contributed by atoms with E-state index in [1.165, 1.54) is 31.4 Å². The second-order valence-electron chi connectivity index (χ2n) is 5.36. The van der Waals surface area contributed by atoms with Crippen molar-refractivity contribution >= 4 is 27.5 Å². The number of nitrogens with one attached hydrogen (secondary N) is 1. The first-order chi connectivity index (χ1) is 12.2. The van der Waals surface area contributed by atoms with Crippen molar-refractivity contribution in [3.8, 4) is 5.75 Å². The van der Waals surface area contributed by atoms with Crippen LogP contribution in [-0.4, -0.2) is 44.8 Å². The maximum Gasteiger partial charge on any atom is 0.285 e. The van der Waals surface area contributed by atoms with Crippen molar-refractivity contribution in [3.05, 3.63) is 46.2 Å². The number of amides is 1. The Balaban J connectivity index is 2.30. The summed E-state index contributed by atoms with van der Waals surface area (Å²) in [5.41, 5.74) is 1.25. The number of sulfonamides is 1. The fourth-order valence-corrected chi connectivity index (χ4v) is 3.30. The summed E-state index contributed by atoms with van der Waals surface area (Å²) in [7, 11) is -2.74. The molecule has 0 aliphatic heterocycles. The molecule has 1 aromatic heterocycles.